The summed E-state index contributed by atoms with van der Waals surface area (Å²) in [5.74, 6) is -0.283. The molecule has 0 radical (unpaired) electrons. The van der Waals surface area contributed by atoms with Crippen LogP contribution in [-0.2, 0) is 29.5 Å². The number of fused-ring (bicyclic) bond motifs is 2. The maximum Gasteiger partial charge on any atom is 0.322 e. The average Bonchev–Trinajstić information content (AvgIpc) is 3.40. The third-order valence-corrected chi connectivity index (χ3v) is 11.6. The van der Waals surface area contributed by atoms with Gasteiger partial charge in [-0.1, -0.05) is 24.3 Å². The number of piperazine rings is 1. The van der Waals surface area contributed by atoms with E-state index in [4.69, 9.17) is 0 Å². The molecule has 262 valence electrons. The zero-order valence-electron chi connectivity index (χ0n) is 29.4. The van der Waals surface area contributed by atoms with Gasteiger partial charge in [0.2, 0.25) is 11.8 Å². The summed E-state index contributed by atoms with van der Waals surface area (Å²) >= 11 is 0. The molecule has 2 aromatic carbocycles. The molecule has 5 heterocycles. The monoisotopic (exact) mass is 668 g/mol. The lowest BCUT2D eigenvalue weighted by Crippen LogP contribution is -2.53. The van der Waals surface area contributed by atoms with E-state index in [0.717, 1.165) is 105 Å². The van der Waals surface area contributed by atoms with Crippen LogP contribution < -0.4 is 5.32 Å². The molecule has 11 nitrogen and oxygen atoms in total. The average molecular weight is 669 g/mol. The number of benzene rings is 2. The van der Waals surface area contributed by atoms with E-state index in [-0.39, 0.29) is 30.3 Å². The van der Waals surface area contributed by atoms with Crippen LogP contribution in [0.15, 0.2) is 42.6 Å². The Hall–Kier alpha value is -3.96. The van der Waals surface area contributed by atoms with Gasteiger partial charge in [0.15, 0.2) is 0 Å². The Kier molecular flexibility index (Phi) is 9.91. The minimum atomic E-state index is -0.422. The fourth-order valence-electron chi connectivity index (χ4n) is 8.68. The second kappa shape index (κ2) is 14.5. The maximum atomic E-state index is 14.3. The minimum Gasteiger partial charge on any atom is -0.343 e. The van der Waals surface area contributed by atoms with Crippen molar-refractivity contribution in [1.29, 1.82) is 0 Å². The molecule has 0 saturated carbocycles. The number of nitrogens with one attached hydrogen (secondary N) is 1. The number of urea groups is 1. The Morgan fingerprint density at radius 2 is 1.57 bits per heavy atom. The van der Waals surface area contributed by atoms with E-state index in [0.29, 0.717) is 32.1 Å². The molecule has 11 heteroatoms. The lowest BCUT2D eigenvalue weighted by atomic mass is 9.91. The summed E-state index contributed by atoms with van der Waals surface area (Å²) in [6.45, 7) is 9.82. The van der Waals surface area contributed by atoms with Gasteiger partial charge in [0.05, 0.1) is 17.6 Å². The summed E-state index contributed by atoms with van der Waals surface area (Å²) in [4.78, 5) is 52.3. The molecule has 1 aromatic heterocycles. The number of piperidine rings is 2. The van der Waals surface area contributed by atoms with Crippen LogP contribution in [0.1, 0.15) is 48.8 Å². The zero-order valence-corrected chi connectivity index (χ0v) is 29.4. The quantitative estimate of drug-likeness (QED) is 0.412. The van der Waals surface area contributed by atoms with Gasteiger partial charge in [0, 0.05) is 95.5 Å². The van der Waals surface area contributed by atoms with Crippen molar-refractivity contribution in [3.8, 4) is 0 Å². The molecule has 7 rings (SSSR count). The highest BCUT2D eigenvalue weighted by Gasteiger charge is 2.35. The number of amides is 4. The van der Waals surface area contributed by atoms with Crippen molar-refractivity contribution < 1.29 is 14.4 Å². The summed E-state index contributed by atoms with van der Waals surface area (Å²) in [5.41, 5.74) is 5.34. The molecule has 49 heavy (non-hydrogen) atoms. The molecule has 3 fully saturated rings. The number of likely N-dealkylation sites (N-methyl/N-ethyl adjacent to an activating group) is 1. The molecule has 4 amide bonds. The summed E-state index contributed by atoms with van der Waals surface area (Å²) < 4.78 is 1.89. The maximum absolute atomic E-state index is 14.3. The summed E-state index contributed by atoms with van der Waals surface area (Å²) in [7, 11) is 4.14. The first-order chi connectivity index (χ1) is 23.7. The van der Waals surface area contributed by atoms with E-state index in [9.17, 15) is 14.4 Å². The second-order valence-electron chi connectivity index (χ2n) is 14.8. The number of aryl methyl sites for hydroxylation is 2. The van der Waals surface area contributed by atoms with E-state index in [1.807, 2.05) is 50.8 Å². The molecule has 4 aliphatic heterocycles. The Labute approximate surface area is 290 Å². The highest BCUT2D eigenvalue weighted by atomic mass is 16.2. The van der Waals surface area contributed by atoms with Gasteiger partial charge >= 0.3 is 6.03 Å². The number of para-hydroxylation sites is 1. The number of carbonyl (C=O) groups is 3. The number of nitrogens with zero attached hydrogens (tertiary/aromatic N) is 7. The molecule has 0 spiro atoms. The number of carbonyl (C=O) groups excluding carboxylic acids is 3. The predicted molar refractivity (Wildman–Crippen MR) is 191 cm³/mol. The van der Waals surface area contributed by atoms with E-state index in [1.54, 1.807) is 0 Å². The Balaban J connectivity index is 1.01. The van der Waals surface area contributed by atoms with Crippen LogP contribution in [0, 0.1) is 12.8 Å². The molecule has 3 aromatic rings. The van der Waals surface area contributed by atoms with Crippen LogP contribution in [0.3, 0.4) is 0 Å². The van der Waals surface area contributed by atoms with Crippen molar-refractivity contribution in [2.75, 3.05) is 71.3 Å². The molecule has 3 saturated heterocycles. The third kappa shape index (κ3) is 7.33. The van der Waals surface area contributed by atoms with Crippen molar-refractivity contribution in [3.05, 3.63) is 59.3 Å². The normalized spacial score (nSPS) is 21.0. The number of aromatic nitrogens is 2. The number of anilines is 1. The van der Waals surface area contributed by atoms with Gasteiger partial charge in [-0.15, -0.1) is 0 Å². The van der Waals surface area contributed by atoms with Crippen molar-refractivity contribution in [1.82, 2.24) is 34.3 Å². The zero-order chi connectivity index (χ0) is 34.1. The molecule has 0 bridgehead atoms. The van der Waals surface area contributed by atoms with E-state index >= 15 is 0 Å². The topological polar surface area (TPSA) is 97.3 Å². The molecule has 1 unspecified atom stereocenters. The van der Waals surface area contributed by atoms with Crippen molar-refractivity contribution >= 4 is 34.4 Å². The molecule has 4 aliphatic rings. The van der Waals surface area contributed by atoms with E-state index in [2.05, 4.69) is 52.4 Å². The molecule has 0 aliphatic carbocycles. The second-order valence-corrected chi connectivity index (χ2v) is 14.8. The summed E-state index contributed by atoms with van der Waals surface area (Å²) in [6.07, 6.45) is 6.87. The number of hydrogen-bond acceptors (Lipinski definition) is 6. The van der Waals surface area contributed by atoms with Gasteiger partial charge in [-0.25, -0.2) is 4.79 Å². The first-order valence-electron chi connectivity index (χ1n) is 18.3. The van der Waals surface area contributed by atoms with Crippen LogP contribution in [0.2, 0.25) is 0 Å². The highest BCUT2D eigenvalue weighted by Crippen LogP contribution is 2.28. The lowest BCUT2D eigenvalue weighted by Gasteiger charge is -2.42. The Bertz CT molecular complexity index is 1660. The van der Waals surface area contributed by atoms with Crippen molar-refractivity contribution in [3.63, 3.8) is 0 Å². The fraction of sp³-hybridized carbons (Fsp3) is 0.579. The lowest BCUT2D eigenvalue weighted by molar-refractivity contribution is -0.143. The van der Waals surface area contributed by atoms with Crippen molar-refractivity contribution in [2.24, 2.45) is 13.0 Å². The van der Waals surface area contributed by atoms with E-state index in [1.165, 1.54) is 0 Å². The highest BCUT2D eigenvalue weighted by molar-refractivity contribution is 5.91. The van der Waals surface area contributed by atoms with Gasteiger partial charge in [-0.2, -0.15) is 5.10 Å². The Morgan fingerprint density at radius 3 is 2.33 bits per heavy atom. The molecule has 1 N–H and O–H groups in total. The van der Waals surface area contributed by atoms with Crippen LogP contribution in [-0.4, -0.2) is 130 Å². The first kappa shape index (κ1) is 33.5. The number of likely N-dealkylation sites (tertiary alicyclic amines) is 2. The summed E-state index contributed by atoms with van der Waals surface area (Å²) in [6, 6.07) is 12.8. The number of rotatable bonds is 7. The summed E-state index contributed by atoms with van der Waals surface area (Å²) in [5, 5.41) is 8.60. The van der Waals surface area contributed by atoms with Crippen LogP contribution in [0.25, 0.3) is 10.9 Å². The minimum absolute atomic E-state index is 0.0380. The smallest absolute Gasteiger partial charge is 0.322 e. The molecular formula is C38H52N8O3. The van der Waals surface area contributed by atoms with Gasteiger partial charge in [0.1, 0.15) is 0 Å². The molecule has 1 atom stereocenters. The molecular weight excluding hydrogens is 616 g/mol. The third-order valence-electron chi connectivity index (χ3n) is 11.6. The van der Waals surface area contributed by atoms with Gasteiger partial charge < -0.3 is 24.9 Å². The van der Waals surface area contributed by atoms with Crippen LogP contribution >= 0.6 is 0 Å². The standard InChI is InChI=1S/C38H52N8O3/c1-27-22-28(24-31-26-39-42(3)36(27)31)23-30(37(48)45-15-9-32(10-16-45)43-20-18-41(2)19-21-43)25-35(47)44-13-11-33(12-14-44)46-17-8-29-6-4-5-7-34(29)40-38(46)49/h4-7,22,24,26,30,32-33H,8-21,23,25H2,1-3H3,(H,40,49). The number of hydrogen-bond donors (Lipinski definition) is 1. The van der Waals surface area contributed by atoms with Gasteiger partial charge in [0.25, 0.3) is 0 Å². The van der Waals surface area contributed by atoms with Gasteiger partial charge in [-0.05, 0) is 81.3 Å². The van der Waals surface area contributed by atoms with Crippen LogP contribution in [0.5, 0.6) is 0 Å². The van der Waals surface area contributed by atoms with E-state index < -0.39 is 5.92 Å². The fourth-order valence-corrected chi connectivity index (χ4v) is 8.68. The largest absolute Gasteiger partial charge is 0.343 e. The Morgan fingerprint density at radius 1 is 0.878 bits per heavy atom. The van der Waals surface area contributed by atoms with Crippen LogP contribution in [0.4, 0.5) is 10.5 Å². The van der Waals surface area contributed by atoms with Gasteiger partial charge in [-0.3, -0.25) is 19.2 Å². The first-order valence-corrected chi connectivity index (χ1v) is 18.3. The van der Waals surface area contributed by atoms with Crippen molar-refractivity contribution in [2.45, 2.75) is 64.0 Å². The SMILES string of the molecule is Cc1cc(CC(CC(=O)N2CCC(N3CCc4ccccc4NC3=O)CC2)C(=O)N2CCC(N3CCN(C)CC3)CC2)cc2cnn(C)c12. The predicted octanol–water partition coefficient (Wildman–Crippen LogP) is 3.75.